The summed E-state index contributed by atoms with van der Waals surface area (Å²) in [5, 5.41) is 12.9. The van der Waals surface area contributed by atoms with Gasteiger partial charge in [0.15, 0.2) is 0 Å². The van der Waals surface area contributed by atoms with E-state index in [0.29, 0.717) is 22.6 Å². The Balaban J connectivity index is 1.90. The van der Waals surface area contributed by atoms with Crippen LogP contribution in [-0.4, -0.2) is 32.7 Å². The van der Waals surface area contributed by atoms with E-state index in [9.17, 15) is 14.7 Å². The molecule has 0 aliphatic heterocycles. The van der Waals surface area contributed by atoms with Crippen LogP contribution in [0.1, 0.15) is 31.9 Å². The number of rotatable bonds is 4. The van der Waals surface area contributed by atoms with E-state index in [0.717, 1.165) is 5.39 Å². The molecule has 0 saturated carbocycles. The Labute approximate surface area is 162 Å². The third-order valence-electron chi connectivity index (χ3n) is 3.81. The van der Waals surface area contributed by atoms with E-state index in [2.05, 4.69) is 15.3 Å². The fourth-order valence-corrected chi connectivity index (χ4v) is 2.66. The van der Waals surface area contributed by atoms with E-state index in [1.807, 2.05) is 6.07 Å². The van der Waals surface area contributed by atoms with Crippen molar-refractivity contribution in [2.24, 2.45) is 0 Å². The lowest BCUT2D eigenvalue weighted by Gasteiger charge is -2.19. The standard InChI is InChI=1S/C21H21N3O4/c1-21(2,3)28-20(27)24-17-10-9-15-14(12-22-18(15)23-17)11-16(19(25)26)13-7-5-4-6-8-13/h4-12H,1-3H3,(H,25,26)(H2,22,23,24,27)/b16-11+. The van der Waals surface area contributed by atoms with Crippen molar-refractivity contribution in [2.45, 2.75) is 26.4 Å². The molecule has 0 bridgehead atoms. The Morgan fingerprint density at radius 1 is 1.14 bits per heavy atom. The van der Waals surface area contributed by atoms with Crippen molar-refractivity contribution in [3.8, 4) is 0 Å². The van der Waals surface area contributed by atoms with Crippen molar-refractivity contribution in [3.05, 3.63) is 59.8 Å². The molecular formula is C21H21N3O4. The van der Waals surface area contributed by atoms with Gasteiger partial charge in [-0.15, -0.1) is 0 Å². The molecule has 1 aromatic carbocycles. The Kier molecular flexibility index (Phi) is 5.17. The molecule has 1 amide bonds. The summed E-state index contributed by atoms with van der Waals surface area (Å²) in [6.07, 6.45) is 2.68. The molecule has 0 radical (unpaired) electrons. The highest BCUT2D eigenvalue weighted by atomic mass is 16.6. The summed E-state index contributed by atoms with van der Waals surface area (Å²) in [5.74, 6) is -0.683. The molecular weight excluding hydrogens is 358 g/mol. The van der Waals surface area contributed by atoms with Crippen molar-refractivity contribution in [1.82, 2.24) is 9.97 Å². The average molecular weight is 379 g/mol. The van der Waals surface area contributed by atoms with E-state index >= 15 is 0 Å². The minimum absolute atomic E-state index is 0.178. The van der Waals surface area contributed by atoms with Crippen LogP contribution < -0.4 is 5.32 Å². The molecule has 0 saturated heterocycles. The molecule has 0 aliphatic rings. The number of anilines is 1. The molecule has 3 N–H and O–H groups in total. The molecule has 28 heavy (non-hydrogen) atoms. The molecule has 2 heterocycles. The number of carboxylic acid groups (broad SMARTS) is 1. The molecule has 0 spiro atoms. The maximum absolute atomic E-state index is 11.9. The largest absolute Gasteiger partial charge is 0.478 e. The van der Waals surface area contributed by atoms with Gasteiger partial charge in [-0.05, 0) is 44.5 Å². The SMILES string of the molecule is CC(C)(C)OC(=O)Nc1ccc2c(/C=C(/C(=O)O)c3ccccc3)c[nH]c2n1. The fourth-order valence-electron chi connectivity index (χ4n) is 2.66. The number of hydrogen-bond acceptors (Lipinski definition) is 4. The van der Waals surface area contributed by atoms with Gasteiger partial charge in [-0.3, -0.25) is 5.32 Å². The smallest absolute Gasteiger partial charge is 0.413 e. The number of carbonyl (C=O) groups is 2. The lowest BCUT2D eigenvalue weighted by molar-refractivity contribution is -0.130. The fraction of sp³-hybridized carbons (Fsp3) is 0.190. The first-order valence-electron chi connectivity index (χ1n) is 8.71. The molecule has 0 atom stereocenters. The maximum atomic E-state index is 11.9. The zero-order chi connectivity index (χ0) is 20.3. The summed E-state index contributed by atoms with van der Waals surface area (Å²) >= 11 is 0. The Bertz CT molecular complexity index is 1050. The number of benzene rings is 1. The second-order valence-electron chi connectivity index (χ2n) is 7.19. The molecule has 3 rings (SSSR count). The molecule has 2 aromatic heterocycles. The number of aromatic amines is 1. The van der Waals surface area contributed by atoms with E-state index in [4.69, 9.17) is 4.74 Å². The topological polar surface area (TPSA) is 104 Å². The summed E-state index contributed by atoms with van der Waals surface area (Å²) in [6, 6.07) is 12.3. The Morgan fingerprint density at radius 2 is 1.86 bits per heavy atom. The lowest BCUT2D eigenvalue weighted by Crippen LogP contribution is -2.27. The van der Waals surface area contributed by atoms with E-state index in [-0.39, 0.29) is 5.57 Å². The highest BCUT2D eigenvalue weighted by Crippen LogP contribution is 2.25. The molecule has 3 aromatic rings. The number of aliphatic carboxylic acids is 1. The molecule has 0 fully saturated rings. The highest BCUT2D eigenvalue weighted by Gasteiger charge is 2.17. The highest BCUT2D eigenvalue weighted by molar-refractivity contribution is 6.21. The minimum atomic E-state index is -1.02. The number of hydrogen-bond donors (Lipinski definition) is 3. The van der Waals surface area contributed by atoms with Gasteiger partial charge in [0, 0.05) is 17.1 Å². The summed E-state index contributed by atoms with van der Waals surface area (Å²) in [6.45, 7) is 5.33. The first-order chi connectivity index (χ1) is 13.2. The van der Waals surface area contributed by atoms with Crippen molar-refractivity contribution in [1.29, 1.82) is 0 Å². The number of amides is 1. The first kappa shape index (κ1) is 19.2. The zero-order valence-electron chi connectivity index (χ0n) is 15.8. The number of aromatic nitrogens is 2. The van der Waals surface area contributed by atoms with E-state index < -0.39 is 17.7 Å². The number of fused-ring (bicyclic) bond motifs is 1. The first-order valence-corrected chi connectivity index (χ1v) is 8.71. The van der Waals surface area contributed by atoms with Gasteiger partial charge < -0.3 is 14.8 Å². The third-order valence-corrected chi connectivity index (χ3v) is 3.81. The molecule has 7 nitrogen and oxygen atoms in total. The van der Waals surface area contributed by atoms with Crippen LogP contribution >= 0.6 is 0 Å². The number of H-pyrrole nitrogens is 1. The number of nitrogens with zero attached hydrogens (tertiary/aromatic N) is 1. The van der Waals surface area contributed by atoms with Crippen LogP contribution in [0.3, 0.4) is 0 Å². The number of nitrogens with one attached hydrogen (secondary N) is 2. The van der Waals surface area contributed by atoms with Crippen LogP contribution in [0.25, 0.3) is 22.7 Å². The van der Waals surface area contributed by atoms with Gasteiger partial charge in [-0.2, -0.15) is 0 Å². The number of pyridine rings is 1. The van der Waals surface area contributed by atoms with Crippen LogP contribution in [0, 0.1) is 0 Å². The van der Waals surface area contributed by atoms with Gasteiger partial charge in [-0.1, -0.05) is 30.3 Å². The molecule has 0 unspecified atom stereocenters. The van der Waals surface area contributed by atoms with Crippen LogP contribution in [-0.2, 0) is 9.53 Å². The van der Waals surface area contributed by atoms with Gasteiger partial charge in [-0.25, -0.2) is 14.6 Å². The second kappa shape index (κ2) is 7.56. The normalized spacial score (nSPS) is 12.0. The quantitative estimate of drug-likeness (QED) is 0.578. The van der Waals surface area contributed by atoms with Crippen LogP contribution in [0.5, 0.6) is 0 Å². The predicted octanol–water partition coefficient (Wildman–Crippen LogP) is 4.54. The second-order valence-corrected chi connectivity index (χ2v) is 7.19. The van der Waals surface area contributed by atoms with Gasteiger partial charge in [0.1, 0.15) is 17.1 Å². The monoisotopic (exact) mass is 379 g/mol. The van der Waals surface area contributed by atoms with Crippen LogP contribution in [0.4, 0.5) is 10.6 Å². The number of carbonyl (C=O) groups excluding carboxylic acids is 1. The number of carboxylic acids is 1. The summed E-state index contributed by atoms with van der Waals surface area (Å²) in [7, 11) is 0. The average Bonchev–Trinajstić information content (AvgIpc) is 3.00. The molecule has 144 valence electrons. The Hall–Kier alpha value is -3.61. The van der Waals surface area contributed by atoms with Gasteiger partial charge in [0.2, 0.25) is 0 Å². The van der Waals surface area contributed by atoms with Gasteiger partial charge in [0.25, 0.3) is 0 Å². The van der Waals surface area contributed by atoms with Crippen molar-refractivity contribution in [3.63, 3.8) is 0 Å². The Morgan fingerprint density at radius 3 is 2.50 bits per heavy atom. The van der Waals surface area contributed by atoms with Gasteiger partial charge in [0.05, 0.1) is 5.57 Å². The van der Waals surface area contributed by atoms with Crippen molar-refractivity contribution >= 4 is 40.6 Å². The van der Waals surface area contributed by atoms with E-state index in [1.54, 1.807) is 69.4 Å². The van der Waals surface area contributed by atoms with Crippen molar-refractivity contribution < 1.29 is 19.4 Å². The zero-order valence-corrected chi connectivity index (χ0v) is 15.8. The van der Waals surface area contributed by atoms with Gasteiger partial charge >= 0.3 is 12.1 Å². The maximum Gasteiger partial charge on any atom is 0.413 e. The summed E-state index contributed by atoms with van der Waals surface area (Å²) < 4.78 is 5.21. The third kappa shape index (κ3) is 4.56. The summed E-state index contributed by atoms with van der Waals surface area (Å²) in [4.78, 5) is 30.9. The van der Waals surface area contributed by atoms with E-state index in [1.165, 1.54) is 0 Å². The molecule has 0 aliphatic carbocycles. The van der Waals surface area contributed by atoms with Crippen molar-refractivity contribution in [2.75, 3.05) is 5.32 Å². The number of ether oxygens (including phenoxy) is 1. The lowest BCUT2D eigenvalue weighted by atomic mass is 10.0. The van der Waals surface area contributed by atoms with Crippen LogP contribution in [0.15, 0.2) is 48.7 Å². The summed E-state index contributed by atoms with van der Waals surface area (Å²) in [5.41, 5.74) is 1.40. The van der Waals surface area contributed by atoms with Crippen LogP contribution in [0.2, 0.25) is 0 Å². The predicted molar refractivity (Wildman–Crippen MR) is 108 cm³/mol. The molecule has 7 heteroatoms. The minimum Gasteiger partial charge on any atom is -0.478 e.